The molecule has 6 heteroatoms. The van der Waals surface area contributed by atoms with Crippen LogP contribution < -0.4 is 10.6 Å². The fourth-order valence-corrected chi connectivity index (χ4v) is 2.86. The maximum Gasteiger partial charge on any atom is 0.238 e. The summed E-state index contributed by atoms with van der Waals surface area (Å²) in [4.78, 5) is 16.6. The van der Waals surface area contributed by atoms with E-state index in [-0.39, 0.29) is 12.5 Å². The van der Waals surface area contributed by atoms with Crippen LogP contribution in [-0.4, -0.2) is 42.3 Å². The molecule has 0 bridgehead atoms. The Balaban J connectivity index is 1.57. The number of benzene rings is 1. The quantitative estimate of drug-likeness (QED) is 0.764. The molecule has 0 saturated carbocycles. The number of imidazole rings is 1. The third-order valence-corrected chi connectivity index (χ3v) is 4.14. The van der Waals surface area contributed by atoms with E-state index in [1.54, 1.807) is 7.11 Å². The van der Waals surface area contributed by atoms with Crippen molar-refractivity contribution in [2.75, 3.05) is 32.1 Å². The van der Waals surface area contributed by atoms with Crippen LogP contribution in [0.25, 0.3) is 11.3 Å². The molecule has 3 rings (SSSR count). The number of amides is 1. The minimum atomic E-state index is -0.0590. The number of rotatable bonds is 7. The van der Waals surface area contributed by atoms with Gasteiger partial charge in [-0.15, -0.1) is 0 Å². The number of ether oxygens (including phenoxy) is 1. The Kier molecular flexibility index (Phi) is 5.61. The van der Waals surface area contributed by atoms with Crippen LogP contribution >= 0.6 is 0 Å². The van der Waals surface area contributed by atoms with Crippen molar-refractivity contribution in [2.24, 2.45) is 0 Å². The highest BCUT2D eigenvalue weighted by atomic mass is 16.5. The maximum atomic E-state index is 11.8. The van der Waals surface area contributed by atoms with E-state index < -0.39 is 0 Å². The predicted octanol–water partition coefficient (Wildman–Crippen LogP) is 2.06. The molecular formula is C18H24N4O2. The summed E-state index contributed by atoms with van der Waals surface area (Å²) < 4.78 is 7.18. The van der Waals surface area contributed by atoms with E-state index in [1.165, 1.54) is 18.7 Å². The molecule has 2 aromatic rings. The van der Waals surface area contributed by atoms with Crippen LogP contribution in [-0.2, 0) is 22.5 Å². The van der Waals surface area contributed by atoms with E-state index in [0.29, 0.717) is 13.2 Å². The van der Waals surface area contributed by atoms with Crippen LogP contribution in [0, 0.1) is 0 Å². The summed E-state index contributed by atoms with van der Waals surface area (Å²) in [5.74, 6) is 1.12. The van der Waals surface area contributed by atoms with Crippen LogP contribution in [0.1, 0.15) is 18.7 Å². The van der Waals surface area contributed by atoms with Gasteiger partial charge in [-0.2, -0.15) is 0 Å². The minimum Gasteiger partial charge on any atom is -0.383 e. The lowest BCUT2D eigenvalue weighted by Gasteiger charge is -2.11. The topological polar surface area (TPSA) is 68.2 Å². The van der Waals surface area contributed by atoms with Crippen molar-refractivity contribution in [1.82, 2.24) is 14.9 Å². The Morgan fingerprint density at radius 3 is 2.88 bits per heavy atom. The number of hydrogen-bond donors (Lipinski definition) is 2. The fraction of sp³-hybridized carbons (Fsp3) is 0.444. The van der Waals surface area contributed by atoms with Crippen LogP contribution in [0.4, 0.5) is 5.69 Å². The lowest BCUT2D eigenvalue weighted by molar-refractivity contribution is -0.115. The summed E-state index contributed by atoms with van der Waals surface area (Å²) >= 11 is 0. The van der Waals surface area contributed by atoms with Crippen molar-refractivity contribution in [3.8, 4) is 11.3 Å². The minimum absolute atomic E-state index is 0.0590. The number of aromatic nitrogens is 2. The normalized spacial score (nSPS) is 13.5. The molecule has 0 unspecified atom stereocenters. The zero-order valence-corrected chi connectivity index (χ0v) is 14.0. The van der Waals surface area contributed by atoms with Crippen molar-refractivity contribution in [3.63, 3.8) is 0 Å². The zero-order valence-electron chi connectivity index (χ0n) is 14.0. The van der Waals surface area contributed by atoms with Gasteiger partial charge in [0.05, 0.1) is 18.8 Å². The second-order valence-electron chi connectivity index (χ2n) is 5.99. The molecule has 1 aliphatic rings. The fourth-order valence-electron chi connectivity index (χ4n) is 2.86. The summed E-state index contributed by atoms with van der Waals surface area (Å²) in [6.45, 7) is 2.59. The van der Waals surface area contributed by atoms with Gasteiger partial charge in [-0.25, -0.2) is 4.98 Å². The monoisotopic (exact) mass is 328 g/mol. The zero-order chi connectivity index (χ0) is 16.8. The molecule has 2 heterocycles. The number of hydrogen-bond acceptors (Lipinski definition) is 4. The van der Waals surface area contributed by atoms with Gasteiger partial charge in [0.2, 0.25) is 5.91 Å². The van der Waals surface area contributed by atoms with E-state index in [4.69, 9.17) is 9.72 Å². The Morgan fingerprint density at radius 1 is 1.29 bits per heavy atom. The highest BCUT2D eigenvalue weighted by Crippen LogP contribution is 2.23. The second-order valence-corrected chi connectivity index (χ2v) is 5.99. The summed E-state index contributed by atoms with van der Waals surface area (Å²) in [5, 5.41) is 5.90. The Labute approximate surface area is 142 Å². The highest BCUT2D eigenvalue weighted by Gasteiger charge is 2.13. The number of carbonyl (C=O) groups is 1. The van der Waals surface area contributed by atoms with E-state index in [0.717, 1.165) is 29.9 Å². The molecule has 0 atom stereocenters. The van der Waals surface area contributed by atoms with Gasteiger partial charge < -0.3 is 19.9 Å². The van der Waals surface area contributed by atoms with Gasteiger partial charge >= 0.3 is 0 Å². The number of anilines is 1. The van der Waals surface area contributed by atoms with Crippen LogP contribution in [0.15, 0.2) is 30.5 Å². The first kappa shape index (κ1) is 16.7. The van der Waals surface area contributed by atoms with E-state index >= 15 is 0 Å². The predicted molar refractivity (Wildman–Crippen MR) is 94.0 cm³/mol. The first-order valence-corrected chi connectivity index (χ1v) is 8.42. The Bertz CT molecular complexity index is 655. The lowest BCUT2D eigenvalue weighted by atomic mass is 10.1. The second kappa shape index (κ2) is 8.08. The molecule has 0 radical (unpaired) electrons. The average molecular weight is 328 g/mol. The van der Waals surface area contributed by atoms with Gasteiger partial charge in [-0.1, -0.05) is 12.1 Å². The van der Waals surface area contributed by atoms with Crippen molar-refractivity contribution in [2.45, 2.75) is 25.8 Å². The first-order valence-electron chi connectivity index (χ1n) is 8.42. The van der Waals surface area contributed by atoms with E-state index in [1.807, 2.05) is 24.3 Å². The van der Waals surface area contributed by atoms with Gasteiger partial charge in [0, 0.05) is 44.1 Å². The molecule has 6 nitrogen and oxygen atoms in total. The van der Waals surface area contributed by atoms with Crippen molar-refractivity contribution in [3.05, 3.63) is 36.3 Å². The summed E-state index contributed by atoms with van der Waals surface area (Å²) in [7, 11) is 1.64. The van der Waals surface area contributed by atoms with Crippen molar-refractivity contribution in [1.29, 1.82) is 0 Å². The largest absolute Gasteiger partial charge is 0.383 e. The third kappa shape index (κ3) is 4.21. The molecule has 2 N–H and O–H groups in total. The standard InChI is InChI=1S/C18H24N4O2/c1-24-11-9-19-12-18(23)20-15-7-5-14(6-8-15)16-13-22-10-3-2-4-17(22)21-16/h5-8,13,19H,2-4,9-12H2,1H3,(H,20,23). The van der Waals surface area contributed by atoms with Crippen LogP contribution in [0.2, 0.25) is 0 Å². The number of fused-ring (bicyclic) bond motifs is 1. The molecule has 128 valence electrons. The molecule has 24 heavy (non-hydrogen) atoms. The van der Waals surface area contributed by atoms with Gasteiger partial charge in [-0.05, 0) is 25.0 Å². The number of nitrogens with one attached hydrogen (secondary N) is 2. The molecule has 0 fully saturated rings. The van der Waals surface area contributed by atoms with Crippen molar-refractivity contribution >= 4 is 11.6 Å². The molecule has 0 spiro atoms. The average Bonchev–Trinajstić information content (AvgIpc) is 3.03. The van der Waals surface area contributed by atoms with Crippen LogP contribution in [0.5, 0.6) is 0 Å². The Morgan fingerprint density at radius 2 is 2.12 bits per heavy atom. The first-order chi connectivity index (χ1) is 11.8. The van der Waals surface area contributed by atoms with E-state index in [9.17, 15) is 4.79 Å². The lowest BCUT2D eigenvalue weighted by Crippen LogP contribution is -2.30. The number of aryl methyl sites for hydroxylation is 2. The number of nitrogens with zero attached hydrogens (tertiary/aromatic N) is 2. The summed E-state index contributed by atoms with van der Waals surface area (Å²) in [5.41, 5.74) is 2.88. The smallest absolute Gasteiger partial charge is 0.238 e. The maximum absolute atomic E-state index is 11.8. The van der Waals surface area contributed by atoms with E-state index in [2.05, 4.69) is 21.4 Å². The third-order valence-electron chi connectivity index (χ3n) is 4.14. The molecule has 0 aliphatic carbocycles. The van der Waals surface area contributed by atoms with Crippen molar-refractivity contribution < 1.29 is 9.53 Å². The molecule has 1 aromatic heterocycles. The SMILES string of the molecule is COCCNCC(=O)Nc1ccc(-c2cn3c(n2)CCCC3)cc1. The molecule has 0 saturated heterocycles. The van der Waals surface area contributed by atoms with Gasteiger partial charge in [0.1, 0.15) is 5.82 Å². The number of methoxy groups -OCH3 is 1. The summed E-state index contributed by atoms with van der Waals surface area (Å²) in [6.07, 6.45) is 5.64. The highest BCUT2D eigenvalue weighted by molar-refractivity contribution is 5.92. The summed E-state index contributed by atoms with van der Waals surface area (Å²) in [6, 6.07) is 7.84. The number of carbonyl (C=O) groups excluding carboxylic acids is 1. The van der Waals surface area contributed by atoms with Crippen LogP contribution in [0.3, 0.4) is 0 Å². The van der Waals surface area contributed by atoms with Gasteiger partial charge in [-0.3, -0.25) is 4.79 Å². The molecule has 1 aliphatic heterocycles. The molecule has 1 amide bonds. The Hall–Kier alpha value is -2.18. The molecular weight excluding hydrogens is 304 g/mol. The molecule has 1 aromatic carbocycles. The van der Waals surface area contributed by atoms with Gasteiger partial charge in [0.25, 0.3) is 0 Å². The van der Waals surface area contributed by atoms with Gasteiger partial charge in [0.15, 0.2) is 0 Å².